The van der Waals surface area contributed by atoms with E-state index >= 15 is 0 Å². The minimum absolute atomic E-state index is 0.109. The van der Waals surface area contributed by atoms with Crippen molar-refractivity contribution in [1.82, 2.24) is 14.6 Å². The fraction of sp³-hybridized carbons (Fsp3) is 0.412. The SMILES string of the molecule is Cc1csc(CCCNS(=O)(=O)c2cccc(C(=O)N3CCC3)c2)n1. The van der Waals surface area contributed by atoms with Gasteiger partial charge in [-0.1, -0.05) is 6.07 Å². The van der Waals surface area contributed by atoms with Crippen LogP contribution in [0.2, 0.25) is 0 Å². The summed E-state index contributed by atoms with van der Waals surface area (Å²) in [5, 5.41) is 3.00. The third-order valence-corrected chi connectivity index (χ3v) is 6.55. The first-order chi connectivity index (χ1) is 12.0. The molecule has 0 aliphatic carbocycles. The average molecular weight is 380 g/mol. The van der Waals surface area contributed by atoms with Crippen LogP contribution >= 0.6 is 11.3 Å². The number of aryl methyl sites for hydroxylation is 2. The zero-order chi connectivity index (χ0) is 17.9. The fourth-order valence-corrected chi connectivity index (χ4v) is 4.48. The van der Waals surface area contributed by atoms with Crippen molar-refractivity contribution < 1.29 is 13.2 Å². The van der Waals surface area contributed by atoms with E-state index in [1.54, 1.807) is 28.4 Å². The molecule has 1 N–H and O–H groups in total. The van der Waals surface area contributed by atoms with Crippen molar-refractivity contribution in [3.05, 3.63) is 45.9 Å². The normalized spacial score (nSPS) is 14.4. The summed E-state index contributed by atoms with van der Waals surface area (Å²) in [6.07, 6.45) is 2.43. The zero-order valence-corrected chi connectivity index (χ0v) is 15.7. The van der Waals surface area contributed by atoms with Gasteiger partial charge in [0, 0.05) is 42.7 Å². The summed E-state index contributed by atoms with van der Waals surface area (Å²) in [6, 6.07) is 6.23. The van der Waals surface area contributed by atoms with Gasteiger partial charge in [0.05, 0.1) is 9.90 Å². The van der Waals surface area contributed by atoms with Crippen LogP contribution in [0.15, 0.2) is 34.5 Å². The van der Waals surface area contributed by atoms with Crippen LogP contribution in [0, 0.1) is 6.92 Å². The lowest BCUT2D eigenvalue weighted by Gasteiger charge is -2.31. The topological polar surface area (TPSA) is 79.4 Å². The molecule has 1 amide bonds. The Labute approximate surface area is 151 Å². The second-order valence-corrected chi connectivity index (χ2v) is 8.77. The number of thiazole rings is 1. The van der Waals surface area contributed by atoms with Crippen molar-refractivity contribution in [1.29, 1.82) is 0 Å². The van der Waals surface area contributed by atoms with Gasteiger partial charge in [-0.05, 0) is 38.0 Å². The van der Waals surface area contributed by atoms with E-state index in [4.69, 9.17) is 0 Å². The Balaban J connectivity index is 1.58. The number of nitrogens with zero attached hydrogens (tertiary/aromatic N) is 2. The molecule has 2 aromatic rings. The van der Waals surface area contributed by atoms with E-state index in [1.807, 2.05) is 12.3 Å². The maximum atomic E-state index is 12.4. The van der Waals surface area contributed by atoms with Gasteiger partial charge in [-0.3, -0.25) is 4.79 Å². The number of carbonyl (C=O) groups is 1. The van der Waals surface area contributed by atoms with Crippen LogP contribution in [0.1, 0.15) is 33.9 Å². The molecule has 3 rings (SSSR count). The van der Waals surface area contributed by atoms with Crippen molar-refractivity contribution >= 4 is 27.3 Å². The molecular weight excluding hydrogens is 358 g/mol. The van der Waals surface area contributed by atoms with Crippen molar-refractivity contribution in [2.45, 2.75) is 31.1 Å². The quantitative estimate of drug-likeness (QED) is 0.748. The summed E-state index contributed by atoms with van der Waals surface area (Å²) in [7, 11) is -3.62. The Morgan fingerprint density at radius 1 is 1.36 bits per heavy atom. The number of rotatable bonds is 7. The van der Waals surface area contributed by atoms with E-state index in [0.29, 0.717) is 18.5 Å². The van der Waals surface area contributed by atoms with Gasteiger partial charge < -0.3 is 4.90 Å². The molecule has 0 bridgehead atoms. The molecule has 0 atom stereocenters. The lowest BCUT2D eigenvalue weighted by atomic mass is 10.1. The van der Waals surface area contributed by atoms with E-state index in [1.165, 1.54) is 12.1 Å². The minimum Gasteiger partial charge on any atom is -0.339 e. The Morgan fingerprint density at radius 3 is 2.80 bits per heavy atom. The van der Waals surface area contributed by atoms with Crippen LogP contribution in [-0.4, -0.2) is 43.8 Å². The molecule has 1 aliphatic rings. The van der Waals surface area contributed by atoms with Gasteiger partial charge in [-0.25, -0.2) is 18.1 Å². The number of carbonyl (C=O) groups excluding carboxylic acids is 1. The molecule has 8 heteroatoms. The maximum Gasteiger partial charge on any atom is 0.253 e. The van der Waals surface area contributed by atoms with Crippen LogP contribution in [0.3, 0.4) is 0 Å². The molecule has 6 nitrogen and oxygen atoms in total. The molecular formula is C17H21N3O3S2. The number of hydrogen-bond acceptors (Lipinski definition) is 5. The van der Waals surface area contributed by atoms with Gasteiger partial charge in [0.2, 0.25) is 10.0 Å². The van der Waals surface area contributed by atoms with Crippen LogP contribution in [0.5, 0.6) is 0 Å². The van der Waals surface area contributed by atoms with E-state index in [0.717, 1.165) is 36.6 Å². The molecule has 1 fully saturated rings. The van der Waals surface area contributed by atoms with Crippen molar-refractivity contribution in [2.75, 3.05) is 19.6 Å². The van der Waals surface area contributed by atoms with E-state index in [2.05, 4.69) is 9.71 Å². The first kappa shape index (κ1) is 18.0. The monoisotopic (exact) mass is 379 g/mol. The lowest BCUT2D eigenvalue weighted by Crippen LogP contribution is -2.42. The average Bonchev–Trinajstić information content (AvgIpc) is 2.95. The Hall–Kier alpha value is -1.77. The number of benzene rings is 1. The molecule has 0 unspecified atom stereocenters. The number of sulfonamides is 1. The van der Waals surface area contributed by atoms with Crippen molar-refractivity contribution in [3.8, 4) is 0 Å². The number of amides is 1. The molecule has 1 aromatic heterocycles. The summed E-state index contributed by atoms with van der Waals surface area (Å²) in [6.45, 7) is 3.76. The first-order valence-electron chi connectivity index (χ1n) is 8.26. The number of aromatic nitrogens is 1. The fourth-order valence-electron chi connectivity index (χ4n) is 2.55. The van der Waals surface area contributed by atoms with Gasteiger partial charge in [0.1, 0.15) is 0 Å². The lowest BCUT2D eigenvalue weighted by molar-refractivity contribution is 0.0651. The summed E-state index contributed by atoms with van der Waals surface area (Å²) >= 11 is 1.59. The molecule has 1 aromatic carbocycles. The smallest absolute Gasteiger partial charge is 0.253 e. The molecule has 2 heterocycles. The maximum absolute atomic E-state index is 12.4. The zero-order valence-electron chi connectivity index (χ0n) is 14.1. The number of nitrogens with one attached hydrogen (secondary N) is 1. The summed E-state index contributed by atoms with van der Waals surface area (Å²) < 4.78 is 27.5. The second kappa shape index (κ2) is 7.63. The Kier molecular flexibility index (Phi) is 5.51. The van der Waals surface area contributed by atoms with E-state index in [9.17, 15) is 13.2 Å². The van der Waals surface area contributed by atoms with Crippen LogP contribution < -0.4 is 4.72 Å². The molecule has 0 radical (unpaired) electrons. The molecule has 0 spiro atoms. The van der Waals surface area contributed by atoms with Crippen molar-refractivity contribution in [3.63, 3.8) is 0 Å². The molecule has 0 saturated carbocycles. The highest BCUT2D eigenvalue weighted by molar-refractivity contribution is 7.89. The third kappa shape index (κ3) is 4.45. The highest BCUT2D eigenvalue weighted by Crippen LogP contribution is 2.17. The number of hydrogen-bond donors (Lipinski definition) is 1. The molecule has 134 valence electrons. The standard InChI is InChI=1S/C17H21N3O3S2/c1-13-12-24-16(19-13)7-3-8-18-25(22,23)15-6-2-5-14(11-15)17(21)20-9-4-10-20/h2,5-6,11-12,18H,3-4,7-10H2,1H3. The summed E-state index contributed by atoms with van der Waals surface area (Å²) in [4.78, 5) is 18.4. The van der Waals surface area contributed by atoms with Gasteiger partial charge in [-0.15, -0.1) is 11.3 Å². The summed E-state index contributed by atoms with van der Waals surface area (Å²) in [5.41, 5.74) is 1.41. The van der Waals surface area contributed by atoms with Gasteiger partial charge >= 0.3 is 0 Å². The highest BCUT2D eigenvalue weighted by atomic mass is 32.2. The highest BCUT2D eigenvalue weighted by Gasteiger charge is 2.23. The second-order valence-electron chi connectivity index (χ2n) is 6.06. The van der Waals surface area contributed by atoms with Gasteiger partial charge in [0.25, 0.3) is 5.91 Å². The Morgan fingerprint density at radius 2 is 2.16 bits per heavy atom. The molecule has 25 heavy (non-hydrogen) atoms. The predicted octanol–water partition coefficient (Wildman–Crippen LogP) is 2.21. The molecule has 1 aliphatic heterocycles. The molecule has 1 saturated heterocycles. The number of likely N-dealkylation sites (tertiary alicyclic amines) is 1. The van der Waals surface area contributed by atoms with E-state index in [-0.39, 0.29) is 10.8 Å². The van der Waals surface area contributed by atoms with Gasteiger partial charge in [0.15, 0.2) is 0 Å². The van der Waals surface area contributed by atoms with Crippen molar-refractivity contribution in [2.24, 2.45) is 0 Å². The van der Waals surface area contributed by atoms with Crippen LogP contribution in [-0.2, 0) is 16.4 Å². The van der Waals surface area contributed by atoms with Crippen LogP contribution in [0.4, 0.5) is 0 Å². The van der Waals surface area contributed by atoms with Gasteiger partial charge in [-0.2, -0.15) is 0 Å². The predicted molar refractivity (Wildman–Crippen MR) is 97.3 cm³/mol. The largest absolute Gasteiger partial charge is 0.339 e. The summed E-state index contributed by atoms with van der Waals surface area (Å²) in [5.74, 6) is -0.109. The van der Waals surface area contributed by atoms with E-state index < -0.39 is 10.0 Å². The van der Waals surface area contributed by atoms with Crippen LogP contribution in [0.25, 0.3) is 0 Å². The first-order valence-corrected chi connectivity index (χ1v) is 10.6. The third-order valence-electron chi connectivity index (χ3n) is 4.06. The Bertz CT molecular complexity index is 858. The minimum atomic E-state index is -3.62.